The number of ether oxygens (including phenoxy) is 1. The molecule has 1 heterocycles. The van der Waals surface area contributed by atoms with Crippen molar-refractivity contribution in [2.45, 2.75) is 9.15 Å². The first-order chi connectivity index (χ1) is 10.0. The summed E-state index contributed by atoms with van der Waals surface area (Å²) in [6.45, 7) is 0.265. The molecule has 2 nitrogen and oxygen atoms in total. The quantitative estimate of drug-likeness (QED) is 0.614. The van der Waals surface area contributed by atoms with Crippen LogP contribution in [-0.2, 0) is 0 Å². The van der Waals surface area contributed by atoms with Crippen molar-refractivity contribution in [3.63, 3.8) is 0 Å². The average Bonchev–Trinajstić information content (AvgIpc) is 2.51. The van der Waals surface area contributed by atoms with Gasteiger partial charge >= 0.3 is 0 Å². The van der Waals surface area contributed by atoms with Gasteiger partial charge < -0.3 is 4.74 Å². The lowest BCUT2D eigenvalue weighted by molar-refractivity contribution is 0.0873. The predicted octanol–water partition coefficient (Wildman–Crippen LogP) is 5.19. The Kier molecular flexibility index (Phi) is 4.12. The fourth-order valence-electron chi connectivity index (χ4n) is 2.34. The number of halogens is 3. The van der Waals surface area contributed by atoms with Crippen molar-refractivity contribution in [1.29, 1.82) is 0 Å². The predicted molar refractivity (Wildman–Crippen MR) is 91.0 cm³/mol. The minimum atomic E-state index is -0.838. The van der Waals surface area contributed by atoms with Crippen molar-refractivity contribution in [3.05, 3.63) is 64.7 Å². The van der Waals surface area contributed by atoms with E-state index in [9.17, 15) is 4.79 Å². The van der Waals surface area contributed by atoms with Crippen LogP contribution >= 0.6 is 43.5 Å². The molecule has 108 valence electrons. The van der Waals surface area contributed by atoms with Crippen LogP contribution in [0.4, 0.5) is 0 Å². The monoisotopic (exact) mass is 428 g/mol. The summed E-state index contributed by atoms with van der Waals surface area (Å²) in [4.78, 5) is 12.6. The highest BCUT2D eigenvalue weighted by Crippen LogP contribution is 2.46. The molecule has 0 amide bonds. The summed E-state index contributed by atoms with van der Waals surface area (Å²) in [5, 5.41) is 0.665. The zero-order valence-corrected chi connectivity index (χ0v) is 14.8. The first-order valence-electron chi connectivity index (χ1n) is 6.37. The molecule has 0 saturated carbocycles. The van der Waals surface area contributed by atoms with E-state index in [1.807, 2.05) is 42.5 Å². The lowest BCUT2D eigenvalue weighted by Crippen LogP contribution is -2.45. The highest BCUT2D eigenvalue weighted by Gasteiger charge is 2.47. The van der Waals surface area contributed by atoms with Gasteiger partial charge in [-0.05, 0) is 29.8 Å². The Morgan fingerprint density at radius 3 is 2.52 bits per heavy atom. The van der Waals surface area contributed by atoms with Gasteiger partial charge in [-0.15, -0.1) is 0 Å². The smallest absolute Gasteiger partial charge is 0.188 e. The second-order valence-corrected chi connectivity index (χ2v) is 7.66. The molecule has 0 bridgehead atoms. The topological polar surface area (TPSA) is 26.3 Å². The summed E-state index contributed by atoms with van der Waals surface area (Å²) < 4.78 is 4.91. The van der Waals surface area contributed by atoms with E-state index in [2.05, 4.69) is 31.9 Å². The van der Waals surface area contributed by atoms with E-state index in [4.69, 9.17) is 16.3 Å². The number of rotatable bonds is 2. The van der Waals surface area contributed by atoms with Gasteiger partial charge in [0.05, 0.1) is 10.4 Å². The molecule has 0 fully saturated rings. The molecular formula is C16H11Br2ClO2. The number of carbonyl (C=O) groups is 1. The summed E-state index contributed by atoms with van der Waals surface area (Å²) >= 11 is 13.1. The summed E-state index contributed by atoms with van der Waals surface area (Å²) in [6.07, 6.45) is 0. The van der Waals surface area contributed by atoms with E-state index in [1.54, 1.807) is 6.07 Å². The highest BCUT2D eigenvalue weighted by atomic mass is 79.9. The van der Waals surface area contributed by atoms with Gasteiger partial charge in [-0.25, -0.2) is 0 Å². The molecule has 0 N–H and O–H groups in total. The van der Waals surface area contributed by atoms with Gasteiger partial charge in [-0.2, -0.15) is 0 Å². The van der Waals surface area contributed by atoms with Crippen molar-refractivity contribution in [3.8, 4) is 5.75 Å². The van der Waals surface area contributed by atoms with Gasteiger partial charge in [0.2, 0.25) is 0 Å². The van der Waals surface area contributed by atoms with Crippen molar-refractivity contribution in [2.24, 2.45) is 0 Å². The number of para-hydroxylation sites is 1. The van der Waals surface area contributed by atoms with Crippen molar-refractivity contribution in [2.75, 3.05) is 6.61 Å². The maximum atomic E-state index is 12.8. The van der Waals surface area contributed by atoms with Crippen molar-refractivity contribution in [1.82, 2.24) is 0 Å². The zero-order valence-electron chi connectivity index (χ0n) is 10.9. The van der Waals surface area contributed by atoms with Crippen molar-refractivity contribution >= 4 is 49.2 Å². The van der Waals surface area contributed by atoms with Crippen LogP contribution in [0.2, 0.25) is 5.02 Å². The molecule has 3 rings (SSSR count). The maximum absolute atomic E-state index is 12.8. The molecule has 0 saturated heterocycles. The standard InChI is InChI=1S/C16H11Br2ClO2/c17-14(10-5-7-11(19)8-6-10)16(18)9-21-13-4-2-1-3-12(13)15(16)20/h1-8,14H,9H2/t14-,16-/m1/s1. The number of alkyl halides is 2. The number of Topliss-reactive ketones (excluding diaryl/α,β-unsaturated/α-hetero) is 1. The molecule has 2 atom stereocenters. The summed E-state index contributed by atoms with van der Waals surface area (Å²) in [5.74, 6) is 0.648. The molecule has 2 aromatic rings. The van der Waals surface area contributed by atoms with E-state index in [1.165, 1.54) is 0 Å². The largest absolute Gasteiger partial charge is 0.491 e. The van der Waals surface area contributed by atoms with Gasteiger partial charge in [-0.3, -0.25) is 4.79 Å². The molecule has 1 aliphatic heterocycles. The van der Waals surface area contributed by atoms with Crippen LogP contribution in [-0.4, -0.2) is 16.7 Å². The second kappa shape index (κ2) is 5.75. The fraction of sp³-hybridized carbons (Fsp3) is 0.188. The lowest BCUT2D eigenvalue weighted by atomic mass is 9.89. The van der Waals surface area contributed by atoms with Crippen molar-refractivity contribution < 1.29 is 9.53 Å². The van der Waals surface area contributed by atoms with Crippen LogP contribution in [0.15, 0.2) is 48.5 Å². The number of carbonyl (C=O) groups excluding carboxylic acids is 1. The summed E-state index contributed by atoms with van der Waals surface area (Å²) in [7, 11) is 0. The molecule has 2 aromatic carbocycles. The first-order valence-corrected chi connectivity index (χ1v) is 8.46. The van der Waals surface area contributed by atoms with E-state index in [-0.39, 0.29) is 17.2 Å². The van der Waals surface area contributed by atoms with E-state index >= 15 is 0 Å². The third kappa shape index (κ3) is 2.65. The molecule has 0 spiro atoms. The Morgan fingerprint density at radius 1 is 1.14 bits per heavy atom. The Bertz CT molecular complexity index is 687. The van der Waals surface area contributed by atoms with E-state index < -0.39 is 4.32 Å². The Morgan fingerprint density at radius 2 is 1.81 bits per heavy atom. The first kappa shape index (κ1) is 15.1. The van der Waals surface area contributed by atoms with Gasteiger partial charge in [0.25, 0.3) is 0 Å². The average molecular weight is 431 g/mol. The number of fused-ring (bicyclic) bond motifs is 1. The highest BCUT2D eigenvalue weighted by molar-refractivity contribution is 9.12. The molecule has 0 aliphatic carbocycles. The minimum absolute atomic E-state index is 0.0150. The Labute approximate surface area is 144 Å². The van der Waals surface area contributed by atoms with Gasteiger partial charge in [0, 0.05) is 5.02 Å². The number of benzene rings is 2. The fourth-order valence-corrected chi connectivity index (χ4v) is 3.70. The SMILES string of the molecule is O=C1c2ccccc2OC[C@@]1(Br)[C@H](Br)c1ccc(Cl)cc1. The number of ketones is 1. The molecule has 1 aliphatic rings. The van der Waals surface area contributed by atoms with E-state index in [0.29, 0.717) is 16.3 Å². The maximum Gasteiger partial charge on any atom is 0.188 e. The van der Waals surface area contributed by atoms with Crippen LogP contribution in [0.1, 0.15) is 20.7 Å². The van der Waals surface area contributed by atoms with Crippen LogP contribution in [0.5, 0.6) is 5.75 Å². The Balaban J connectivity index is 1.98. The van der Waals surface area contributed by atoms with Crippen LogP contribution in [0, 0.1) is 0 Å². The molecule has 0 unspecified atom stereocenters. The second-order valence-electron chi connectivity index (χ2n) is 4.89. The molecule has 5 heteroatoms. The normalized spacial score (nSPS) is 22.3. The third-order valence-corrected chi connectivity index (χ3v) is 6.73. The Hall–Kier alpha value is -0.840. The van der Waals surface area contributed by atoms with Gasteiger partial charge in [0.1, 0.15) is 16.7 Å². The van der Waals surface area contributed by atoms with E-state index in [0.717, 1.165) is 5.56 Å². The third-order valence-electron chi connectivity index (χ3n) is 3.51. The molecule has 0 radical (unpaired) electrons. The summed E-state index contributed by atoms with van der Waals surface area (Å²) in [6, 6.07) is 14.7. The van der Waals surface area contributed by atoms with Crippen LogP contribution in [0.3, 0.4) is 0 Å². The van der Waals surface area contributed by atoms with Crippen LogP contribution < -0.4 is 4.74 Å². The summed E-state index contributed by atoms with van der Waals surface area (Å²) in [5.41, 5.74) is 1.56. The molecule has 0 aromatic heterocycles. The van der Waals surface area contributed by atoms with Crippen LogP contribution in [0.25, 0.3) is 0 Å². The number of hydrogen-bond acceptors (Lipinski definition) is 2. The lowest BCUT2D eigenvalue weighted by Gasteiger charge is -2.35. The van der Waals surface area contributed by atoms with Gasteiger partial charge in [-0.1, -0.05) is 67.7 Å². The zero-order chi connectivity index (χ0) is 15.0. The van der Waals surface area contributed by atoms with Gasteiger partial charge in [0.15, 0.2) is 5.78 Å². The molecular weight excluding hydrogens is 419 g/mol. The minimum Gasteiger partial charge on any atom is -0.491 e. The molecule has 21 heavy (non-hydrogen) atoms. The number of hydrogen-bond donors (Lipinski definition) is 0.